The third-order valence-corrected chi connectivity index (χ3v) is 5.76. The quantitative estimate of drug-likeness (QED) is 0.924. The summed E-state index contributed by atoms with van der Waals surface area (Å²) in [6, 6.07) is 9.97. The van der Waals surface area contributed by atoms with Gasteiger partial charge in [-0.3, -0.25) is 9.78 Å². The first-order chi connectivity index (χ1) is 11.6. The Morgan fingerprint density at radius 1 is 1.04 bits per heavy atom. The van der Waals surface area contributed by atoms with E-state index in [1.165, 1.54) is 43.3 Å². The molecule has 6 heteroatoms. The lowest BCUT2D eigenvalue weighted by atomic mass is 9.84. The predicted molar refractivity (Wildman–Crippen MR) is 91.2 cm³/mol. The molecule has 1 aromatic heterocycles. The van der Waals surface area contributed by atoms with Crippen molar-refractivity contribution >= 4 is 15.9 Å². The molecule has 0 radical (unpaired) electrons. The van der Waals surface area contributed by atoms with Gasteiger partial charge in [-0.05, 0) is 48.6 Å². The van der Waals surface area contributed by atoms with Crippen LogP contribution in [0.15, 0.2) is 53.7 Å². The normalized spacial score (nSPS) is 15.8. The maximum atomic E-state index is 12.4. The van der Waals surface area contributed by atoms with Crippen LogP contribution in [0.25, 0.3) is 0 Å². The molecule has 0 unspecified atom stereocenters. The van der Waals surface area contributed by atoms with Gasteiger partial charge >= 0.3 is 0 Å². The summed E-state index contributed by atoms with van der Waals surface area (Å²) in [5.74, 6) is -0.167. The molecule has 1 amide bonds. The average Bonchev–Trinajstić information content (AvgIpc) is 2.63. The van der Waals surface area contributed by atoms with Crippen molar-refractivity contribution < 1.29 is 13.2 Å². The Labute approximate surface area is 142 Å². The predicted octanol–water partition coefficient (Wildman–Crippen LogP) is 3.25. The lowest BCUT2D eigenvalue weighted by Gasteiger charge is -2.22. The maximum Gasteiger partial charge on any atom is 0.266 e. The van der Waals surface area contributed by atoms with Crippen molar-refractivity contribution in [2.24, 2.45) is 0 Å². The molecule has 0 aliphatic heterocycles. The molecular formula is C18H20N2O3S. The van der Waals surface area contributed by atoms with Crippen LogP contribution in [0.2, 0.25) is 0 Å². The van der Waals surface area contributed by atoms with Gasteiger partial charge in [-0.1, -0.05) is 31.4 Å². The molecule has 1 N–H and O–H groups in total. The molecule has 0 spiro atoms. The van der Waals surface area contributed by atoms with Gasteiger partial charge in [0, 0.05) is 12.4 Å². The molecule has 24 heavy (non-hydrogen) atoms. The van der Waals surface area contributed by atoms with Crippen LogP contribution in [-0.4, -0.2) is 19.3 Å². The van der Waals surface area contributed by atoms with Gasteiger partial charge in [0.05, 0.1) is 10.5 Å². The second-order valence-corrected chi connectivity index (χ2v) is 7.76. The fraction of sp³-hybridized carbons (Fsp3) is 0.333. The first kappa shape index (κ1) is 16.6. The second kappa shape index (κ2) is 7.13. The van der Waals surface area contributed by atoms with Crippen LogP contribution in [0.5, 0.6) is 0 Å². The first-order valence-electron chi connectivity index (χ1n) is 8.13. The first-order valence-corrected chi connectivity index (χ1v) is 9.62. The van der Waals surface area contributed by atoms with E-state index in [1.807, 2.05) is 12.1 Å². The van der Waals surface area contributed by atoms with E-state index in [1.54, 1.807) is 18.2 Å². The van der Waals surface area contributed by atoms with Gasteiger partial charge in [-0.2, -0.15) is 0 Å². The van der Waals surface area contributed by atoms with Gasteiger partial charge in [-0.15, -0.1) is 0 Å². The number of amides is 1. The summed E-state index contributed by atoms with van der Waals surface area (Å²) in [7, 11) is -3.88. The molecule has 3 rings (SSSR count). The number of carbonyl (C=O) groups is 1. The smallest absolute Gasteiger partial charge is 0.266 e. The number of aromatic nitrogens is 1. The van der Waals surface area contributed by atoms with E-state index in [-0.39, 0.29) is 10.5 Å². The Kier molecular flexibility index (Phi) is 4.94. The molecule has 0 saturated heterocycles. The Bertz CT molecular complexity index is 796. The number of nitrogens with one attached hydrogen (secondary N) is 1. The zero-order valence-electron chi connectivity index (χ0n) is 13.3. The van der Waals surface area contributed by atoms with Crippen molar-refractivity contribution in [3.63, 3.8) is 0 Å². The number of hydrogen-bond donors (Lipinski definition) is 1. The second-order valence-electron chi connectivity index (χ2n) is 6.08. The van der Waals surface area contributed by atoms with Gasteiger partial charge in [0.15, 0.2) is 0 Å². The Morgan fingerprint density at radius 2 is 1.75 bits per heavy atom. The zero-order chi connectivity index (χ0) is 17.0. The average molecular weight is 344 g/mol. The van der Waals surface area contributed by atoms with Crippen LogP contribution in [0.3, 0.4) is 0 Å². The molecule has 0 atom stereocenters. The van der Waals surface area contributed by atoms with E-state index in [0.717, 1.165) is 12.8 Å². The van der Waals surface area contributed by atoms with Gasteiger partial charge in [0.1, 0.15) is 0 Å². The summed E-state index contributed by atoms with van der Waals surface area (Å²) in [5.41, 5.74) is 1.38. The van der Waals surface area contributed by atoms with Gasteiger partial charge in [0.2, 0.25) is 0 Å². The highest BCUT2D eigenvalue weighted by Gasteiger charge is 2.20. The summed E-state index contributed by atoms with van der Waals surface area (Å²) < 4.78 is 26.8. The van der Waals surface area contributed by atoms with Gasteiger partial charge in [-0.25, -0.2) is 13.1 Å². The van der Waals surface area contributed by atoms with Crippen molar-refractivity contribution in [3.05, 3.63) is 59.9 Å². The molecule has 0 bridgehead atoms. The molecule has 2 aromatic rings. The molecular weight excluding hydrogens is 324 g/mol. The fourth-order valence-corrected chi connectivity index (χ4v) is 4.07. The van der Waals surface area contributed by atoms with Crippen LogP contribution in [-0.2, 0) is 10.0 Å². The van der Waals surface area contributed by atoms with E-state index in [4.69, 9.17) is 0 Å². The van der Waals surface area contributed by atoms with Gasteiger partial charge in [0.25, 0.3) is 15.9 Å². The van der Waals surface area contributed by atoms with Crippen molar-refractivity contribution in [2.45, 2.75) is 42.9 Å². The maximum absolute atomic E-state index is 12.4. The summed E-state index contributed by atoms with van der Waals surface area (Å²) in [6.45, 7) is 0. The van der Waals surface area contributed by atoms with Crippen LogP contribution < -0.4 is 4.72 Å². The Morgan fingerprint density at radius 3 is 2.38 bits per heavy atom. The minimum absolute atomic E-state index is 0.0966. The molecule has 1 aliphatic rings. The van der Waals surface area contributed by atoms with E-state index in [9.17, 15) is 13.2 Å². The van der Waals surface area contributed by atoms with Crippen LogP contribution >= 0.6 is 0 Å². The minimum atomic E-state index is -3.88. The highest BCUT2D eigenvalue weighted by atomic mass is 32.2. The lowest BCUT2D eigenvalue weighted by Crippen LogP contribution is -2.30. The SMILES string of the molecule is O=C(NS(=O)(=O)c1ccc(C2CCCCC2)cc1)c1cccnc1. The highest BCUT2D eigenvalue weighted by molar-refractivity contribution is 7.90. The minimum Gasteiger partial charge on any atom is -0.268 e. The molecule has 5 nitrogen and oxygen atoms in total. The van der Waals surface area contributed by atoms with Crippen LogP contribution in [0, 0.1) is 0 Å². The molecule has 1 heterocycles. The summed E-state index contributed by atoms with van der Waals surface area (Å²) in [6.07, 6.45) is 8.90. The topological polar surface area (TPSA) is 76.1 Å². The van der Waals surface area contributed by atoms with Gasteiger partial charge < -0.3 is 0 Å². The number of sulfonamides is 1. The lowest BCUT2D eigenvalue weighted by molar-refractivity contribution is 0.0981. The molecule has 1 aromatic carbocycles. The number of rotatable bonds is 4. The number of nitrogens with zero attached hydrogens (tertiary/aromatic N) is 1. The third-order valence-electron chi connectivity index (χ3n) is 4.42. The number of hydrogen-bond acceptors (Lipinski definition) is 4. The third kappa shape index (κ3) is 3.82. The number of pyridine rings is 1. The van der Waals surface area contributed by atoms with Crippen LogP contribution in [0.4, 0.5) is 0 Å². The summed E-state index contributed by atoms with van der Waals surface area (Å²) in [5, 5.41) is 0. The van der Waals surface area contributed by atoms with Crippen LogP contribution in [0.1, 0.15) is 53.9 Å². The monoisotopic (exact) mass is 344 g/mol. The standard InChI is InChI=1S/C18H20N2O3S/c21-18(16-7-4-12-19-13-16)20-24(22,23)17-10-8-15(9-11-17)14-5-2-1-3-6-14/h4,7-14H,1-3,5-6H2,(H,20,21). The van der Waals surface area contributed by atoms with E-state index in [2.05, 4.69) is 9.71 Å². The molecule has 1 aliphatic carbocycles. The molecule has 126 valence electrons. The largest absolute Gasteiger partial charge is 0.268 e. The van der Waals surface area contributed by atoms with Crippen molar-refractivity contribution in [3.8, 4) is 0 Å². The van der Waals surface area contributed by atoms with Crippen molar-refractivity contribution in [1.29, 1.82) is 0 Å². The Balaban J connectivity index is 1.73. The molecule has 1 fully saturated rings. The van der Waals surface area contributed by atoms with E-state index < -0.39 is 15.9 Å². The number of carbonyl (C=O) groups excluding carboxylic acids is 1. The van der Waals surface area contributed by atoms with Crippen molar-refractivity contribution in [2.75, 3.05) is 0 Å². The molecule has 1 saturated carbocycles. The summed E-state index contributed by atoms with van der Waals surface area (Å²) in [4.78, 5) is 15.9. The zero-order valence-corrected chi connectivity index (χ0v) is 14.1. The Hall–Kier alpha value is -2.21. The van der Waals surface area contributed by atoms with E-state index >= 15 is 0 Å². The van der Waals surface area contributed by atoms with E-state index in [0.29, 0.717) is 5.92 Å². The van der Waals surface area contributed by atoms with Crippen molar-refractivity contribution in [1.82, 2.24) is 9.71 Å². The summed E-state index contributed by atoms with van der Waals surface area (Å²) >= 11 is 0. The number of benzene rings is 1. The fourth-order valence-electron chi connectivity index (χ4n) is 3.09. The highest BCUT2D eigenvalue weighted by Crippen LogP contribution is 2.32.